The van der Waals surface area contributed by atoms with Gasteiger partial charge in [0, 0.05) is 36.1 Å². The van der Waals surface area contributed by atoms with Crippen molar-refractivity contribution < 1.29 is 9.59 Å². The summed E-state index contributed by atoms with van der Waals surface area (Å²) in [5, 5.41) is 5.87. The first kappa shape index (κ1) is 18.9. The summed E-state index contributed by atoms with van der Waals surface area (Å²) in [6.07, 6.45) is 6.46. The molecule has 2 aromatic carbocycles. The minimum atomic E-state index is -0.255. The molecule has 1 atom stereocenters. The van der Waals surface area contributed by atoms with E-state index in [4.69, 9.17) is 0 Å². The van der Waals surface area contributed by atoms with Crippen LogP contribution in [0.25, 0.3) is 0 Å². The molecule has 0 fully saturated rings. The molecule has 1 aliphatic rings. The minimum absolute atomic E-state index is 0.134. The van der Waals surface area contributed by atoms with Gasteiger partial charge in [-0.15, -0.1) is 0 Å². The molecule has 4 rings (SSSR count). The summed E-state index contributed by atoms with van der Waals surface area (Å²) < 4.78 is 0. The average molecular weight is 385 g/mol. The van der Waals surface area contributed by atoms with Gasteiger partial charge in [0.1, 0.15) is 0 Å². The standard InChI is InChI=1S/C24H23N3O2/c28-23(26-16-19-9-3-7-17-6-1-2-12-22(17)19)18-8-4-11-21(14-18)27-24(29)20-10-5-13-25-15-20/h1-2,4-6,8,10-15,19H,3,7,9,16H2,(H,26,28)(H,27,29). The summed E-state index contributed by atoms with van der Waals surface area (Å²) in [5.41, 5.74) is 4.31. The van der Waals surface area contributed by atoms with E-state index in [1.54, 1.807) is 42.6 Å². The highest BCUT2D eigenvalue weighted by Crippen LogP contribution is 2.30. The fraction of sp³-hybridized carbons (Fsp3) is 0.208. The molecule has 2 amide bonds. The first-order valence-corrected chi connectivity index (χ1v) is 9.88. The lowest BCUT2D eigenvalue weighted by Gasteiger charge is -2.25. The van der Waals surface area contributed by atoms with Crippen molar-refractivity contribution in [3.8, 4) is 0 Å². The molecule has 5 heteroatoms. The van der Waals surface area contributed by atoms with Crippen LogP contribution in [0.5, 0.6) is 0 Å². The van der Waals surface area contributed by atoms with Crippen molar-refractivity contribution in [3.05, 3.63) is 95.3 Å². The maximum Gasteiger partial charge on any atom is 0.257 e. The topological polar surface area (TPSA) is 71.1 Å². The Hall–Kier alpha value is -3.47. The van der Waals surface area contributed by atoms with Gasteiger partial charge in [0.2, 0.25) is 0 Å². The molecule has 29 heavy (non-hydrogen) atoms. The number of nitrogens with one attached hydrogen (secondary N) is 2. The molecular formula is C24H23N3O2. The summed E-state index contributed by atoms with van der Waals surface area (Å²) >= 11 is 0. The second kappa shape index (κ2) is 8.69. The fourth-order valence-electron chi connectivity index (χ4n) is 3.82. The number of hydrogen-bond acceptors (Lipinski definition) is 3. The van der Waals surface area contributed by atoms with Crippen LogP contribution in [-0.2, 0) is 6.42 Å². The van der Waals surface area contributed by atoms with Crippen LogP contribution < -0.4 is 10.6 Å². The molecule has 0 bridgehead atoms. The minimum Gasteiger partial charge on any atom is -0.351 e. The van der Waals surface area contributed by atoms with Crippen molar-refractivity contribution in [2.45, 2.75) is 25.2 Å². The summed E-state index contributed by atoms with van der Waals surface area (Å²) in [5.74, 6) is -0.0441. The number of aromatic nitrogens is 1. The maximum atomic E-state index is 12.7. The van der Waals surface area contributed by atoms with Crippen LogP contribution in [0.2, 0.25) is 0 Å². The predicted octanol–water partition coefficient (Wildman–Crippen LogP) is 4.18. The van der Waals surface area contributed by atoms with Crippen LogP contribution in [0, 0.1) is 0 Å². The molecule has 1 aliphatic carbocycles. The second-order valence-electron chi connectivity index (χ2n) is 7.27. The highest BCUT2D eigenvalue weighted by molar-refractivity contribution is 6.04. The summed E-state index contributed by atoms with van der Waals surface area (Å²) in [4.78, 5) is 28.9. The number of amides is 2. The van der Waals surface area contributed by atoms with Crippen molar-refractivity contribution in [2.24, 2.45) is 0 Å². The summed E-state index contributed by atoms with van der Waals surface area (Å²) in [7, 11) is 0. The van der Waals surface area contributed by atoms with E-state index in [1.165, 1.54) is 17.3 Å². The lowest BCUT2D eigenvalue weighted by molar-refractivity contribution is 0.0949. The fourth-order valence-corrected chi connectivity index (χ4v) is 3.82. The molecule has 0 saturated carbocycles. The molecule has 146 valence electrons. The molecule has 0 spiro atoms. The van der Waals surface area contributed by atoms with Gasteiger partial charge in [-0.3, -0.25) is 14.6 Å². The highest BCUT2D eigenvalue weighted by atomic mass is 16.2. The van der Waals surface area contributed by atoms with Crippen LogP contribution in [0.4, 0.5) is 5.69 Å². The first-order valence-electron chi connectivity index (χ1n) is 9.88. The Morgan fingerprint density at radius 2 is 1.83 bits per heavy atom. The van der Waals surface area contributed by atoms with E-state index in [-0.39, 0.29) is 11.8 Å². The Bertz CT molecular complexity index is 1020. The number of carbonyl (C=O) groups excluding carboxylic acids is 2. The normalized spacial score (nSPS) is 15.2. The van der Waals surface area contributed by atoms with Crippen molar-refractivity contribution >= 4 is 17.5 Å². The first-order chi connectivity index (χ1) is 14.2. The molecule has 1 aromatic heterocycles. The van der Waals surface area contributed by atoms with E-state index in [1.807, 2.05) is 0 Å². The third-order valence-corrected chi connectivity index (χ3v) is 5.31. The number of hydrogen-bond donors (Lipinski definition) is 2. The van der Waals surface area contributed by atoms with Crippen LogP contribution in [0.15, 0.2) is 73.1 Å². The zero-order chi connectivity index (χ0) is 20.1. The van der Waals surface area contributed by atoms with E-state index in [0.29, 0.717) is 29.3 Å². The lowest BCUT2D eigenvalue weighted by Crippen LogP contribution is -2.30. The Morgan fingerprint density at radius 3 is 2.69 bits per heavy atom. The lowest BCUT2D eigenvalue weighted by atomic mass is 9.83. The third kappa shape index (κ3) is 4.51. The smallest absolute Gasteiger partial charge is 0.257 e. The number of anilines is 1. The van der Waals surface area contributed by atoms with E-state index >= 15 is 0 Å². The third-order valence-electron chi connectivity index (χ3n) is 5.31. The van der Waals surface area contributed by atoms with Gasteiger partial charge in [-0.05, 0) is 60.7 Å². The predicted molar refractivity (Wildman–Crippen MR) is 113 cm³/mol. The van der Waals surface area contributed by atoms with Crippen molar-refractivity contribution in [1.29, 1.82) is 0 Å². The zero-order valence-corrected chi connectivity index (χ0v) is 16.1. The van der Waals surface area contributed by atoms with Gasteiger partial charge in [-0.25, -0.2) is 0 Å². The number of benzene rings is 2. The van der Waals surface area contributed by atoms with E-state index in [0.717, 1.165) is 19.3 Å². The summed E-state index contributed by atoms with van der Waals surface area (Å²) in [6, 6.07) is 18.9. The number of fused-ring (bicyclic) bond motifs is 1. The number of aryl methyl sites for hydroxylation is 1. The molecular weight excluding hydrogens is 362 g/mol. The van der Waals surface area contributed by atoms with Gasteiger partial charge in [0.05, 0.1) is 5.56 Å². The second-order valence-corrected chi connectivity index (χ2v) is 7.27. The molecule has 1 unspecified atom stereocenters. The van der Waals surface area contributed by atoms with E-state index < -0.39 is 0 Å². The number of pyridine rings is 1. The molecule has 5 nitrogen and oxygen atoms in total. The molecule has 1 heterocycles. The number of rotatable bonds is 5. The SMILES string of the molecule is O=C(NCC1CCCc2ccccc21)c1cccc(NC(=O)c2cccnc2)c1. The van der Waals surface area contributed by atoms with Gasteiger partial charge in [0.25, 0.3) is 11.8 Å². The van der Waals surface area contributed by atoms with Crippen LogP contribution in [-0.4, -0.2) is 23.3 Å². The van der Waals surface area contributed by atoms with Gasteiger partial charge in [-0.1, -0.05) is 30.3 Å². The van der Waals surface area contributed by atoms with Crippen LogP contribution in [0.1, 0.15) is 50.6 Å². The van der Waals surface area contributed by atoms with Crippen molar-refractivity contribution in [3.63, 3.8) is 0 Å². The number of nitrogens with zero attached hydrogens (tertiary/aromatic N) is 1. The van der Waals surface area contributed by atoms with E-state index in [9.17, 15) is 9.59 Å². The van der Waals surface area contributed by atoms with E-state index in [2.05, 4.69) is 39.9 Å². The van der Waals surface area contributed by atoms with Crippen molar-refractivity contribution in [2.75, 3.05) is 11.9 Å². The van der Waals surface area contributed by atoms with Crippen molar-refractivity contribution in [1.82, 2.24) is 10.3 Å². The summed E-state index contributed by atoms with van der Waals surface area (Å²) in [6.45, 7) is 0.613. The number of carbonyl (C=O) groups is 2. The molecule has 0 aliphatic heterocycles. The van der Waals surface area contributed by atoms with Gasteiger partial charge in [0.15, 0.2) is 0 Å². The van der Waals surface area contributed by atoms with Crippen LogP contribution in [0.3, 0.4) is 0 Å². The molecule has 2 N–H and O–H groups in total. The maximum absolute atomic E-state index is 12.7. The Balaban J connectivity index is 1.40. The zero-order valence-electron chi connectivity index (χ0n) is 16.1. The largest absolute Gasteiger partial charge is 0.351 e. The Labute approximate surface area is 170 Å². The molecule has 3 aromatic rings. The quantitative estimate of drug-likeness (QED) is 0.692. The average Bonchev–Trinajstić information content (AvgIpc) is 2.78. The van der Waals surface area contributed by atoms with Gasteiger partial charge < -0.3 is 10.6 Å². The van der Waals surface area contributed by atoms with Crippen LogP contribution >= 0.6 is 0 Å². The Morgan fingerprint density at radius 1 is 0.966 bits per heavy atom. The monoisotopic (exact) mass is 385 g/mol. The van der Waals surface area contributed by atoms with Gasteiger partial charge >= 0.3 is 0 Å². The molecule has 0 radical (unpaired) electrons. The molecule has 0 saturated heterocycles. The highest BCUT2D eigenvalue weighted by Gasteiger charge is 2.20. The van der Waals surface area contributed by atoms with Gasteiger partial charge in [-0.2, -0.15) is 0 Å². The Kier molecular flexibility index (Phi) is 5.66.